The Balaban J connectivity index is 1.81. The SMILES string of the molecule is Cc1cccc(-c2cc(C(=O)Nc3ccc(Cl)cc3F)c3ccccc3n2)c1. The van der Waals surface area contributed by atoms with Gasteiger partial charge < -0.3 is 5.32 Å². The predicted molar refractivity (Wildman–Crippen MR) is 111 cm³/mol. The summed E-state index contributed by atoms with van der Waals surface area (Å²) in [6.07, 6.45) is 0. The van der Waals surface area contributed by atoms with Crippen LogP contribution in [-0.4, -0.2) is 10.9 Å². The number of carbonyl (C=O) groups is 1. The third-order valence-electron chi connectivity index (χ3n) is 4.45. The summed E-state index contributed by atoms with van der Waals surface area (Å²) >= 11 is 5.79. The van der Waals surface area contributed by atoms with E-state index in [0.29, 0.717) is 22.2 Å². The fourth-order valence-corrected chi connectivity index (χ4v) is 3.25. The lowest BCUT2D eigenvalue weighted by Gasteiger charge is -2.11. The first kappa shape index (κ1) is 18.1. The second-order valence-electron chi connectivity index (χ2n) is 6.52. The van der Waals surface area contributed by atoms with Crippen LogP contribution in [0.2, 0.25) is 5.02 Å². The number of carbonyl (C=O) groups excluding carboxylic acids is 1. The van der Waals surface area contributed by atoms with Crippen molar-refractivity contribution in [1.29, 1.82) is 0 Å². The van der Waals surface area contributed by atoms with Crippen molar-refractivity contribution in [1.82, 2.24) is 4.98 Å². The molecule has 1 aromatic heterocycles. The van der Waals surface area contributed by atoms with Crippen molar-refractivity contribution < 1.29 is 9.18 Å². The molecule has 0 saturated carbocycles. The first-order chi connectivity index (χ1) is 13.5. The first-order valence-corrected chi connectivity index (χ1v) is 9.12. The maximum absolute atomic E-state index is 14.1. The molecule has 28 heavy (non-hydrogen) atoms. The Morgan fingerprint density at radius 3 is 2.61 bits per heavy atom. The lowest BCUT2D eigenvalue weighted by atomic mass is 10.0. The fourth-order valence-electron chi connectivity index (χ4n) is 3.10. The predicted octanol–water partition coefficient (Wildman–Crippen LogP) is 6.26. The van der Waals surface area contributed by atoms with Crippen LogP contribution in [0.5, 0.6) is 0 Å². The number of para-hydroxylation sites is 1. The van der Waals surface area contributed by atoms with E-state index in [4.69, 9.17) is 16.6 Å². The third-order valence-corrected chi connectivity index (χ3v) is 4.69. The smallest absolute Gasteiger partial charge is 0.256 e. The summed E-state index contributed by atoms with van der Waals surface area (Å²) < 4.78 is 14.1. The van der Waals surface area contributed by atoms with Crippen molar-refractivity contribution in [3.8, 4) is 11.3 Å². The number of amides is 1. The molecule has 0 bridgehead atoms. The Hall–Kier alpha value is -3.24. The lowest BCUT2D eigenvalue weighted by molar-refractivity contribution is 0.102. The summed E-state index contributed by atoms with van der Waals surface area (Å²) in [5.41, 5.74) is 3.90. The summed E-state index contributed by atoms with van der Waals surface area (Å²) in [6.45, 7) is 2.00. The molecule has 0 aliphatic rings. The van der Waals surface area contributed by atoms with E-state index in [9.17, 15) is 9.18 Å². The molecule has 0 unspecified atom stereocenters. The van der Waals surface area contributed by atoms with Crippen LogP contribution in [0.25, 0.3) is 22.2 Å². The molecule has 1 N–H and O–H groups in total. The van der Waals surface area contributed by atoms with Crippen molar-refractivity contribution in [2.24, 2.45) is 0 Å². The molecule has 0 radical (unpaired) electrons. The Kier molecular flexibility index (Phi) is 4.80. The van der Waals surface area contributed by atoms with E-state index in [1.54, 1.807) is 6.07 Å². The first-order valence-electron chi connectivity index (χ1n) is 8.74. The van der Waals surface area contributed by atoms with Crippen LogP contribution in [0.4, 0.5) is 10.1 Å². The quantitative estimate of drug-likeness (QED) is 0.449. The standard InChI is InChI=1S/C23H16ClFN2O/c1-14-5-4-6-15(11-14)22-13-18(17-7-2-3-8-20(17)26-22)23(28)27-21-10-9-16(24)12-19(21)25/h2-13H,1H3,(H,27,28). The highest BCUT2D eigenvalue weighted by atomic mass is 35.5. The van der Waals surface area contributed by atoms with Crippen molar-refractivity contribution in [2.75, 3.05) is 5.32 Å². The van der Waals surface area contributed by atoms with Gasteiger partial charge in [-0.3, -0.25) is 4.79 Å². The van der Waals surface area contributed by atoms with Crippen LogP contribution in [-0.2, 0) is 0 Å². The van der Waals surface area contributed by atoms with Gasteiger partial charge in [-0.1, -0.05) is 53.6 Å². The van der Waals surface area contributed by atoms with Gasteiger partial charge in [0.25, 0.3) is 5.91 Å². The van der Waals surface area contributed by atoms with E-state index in [-0.39, 0.29) is 10.7 Å². The average molecular weight is 391 g/mol. The molecule has 5 heteroatoms. The number of aryl methyl sites for hydroxylation is 1. The number of pyridine rings is 1. The molecule has 0 spiro atoms. The maximum atomic E-state index is 14.1. The molecule has 1 amide bonds. The number of halogens is 2. The van der Waals surface area contributed by atoms with E-state index >= 15 is 0 Å². The maximum Gasteiger partial charge on any atom is 0.256 e. The molecule has 0 aliphatic carbocycles. The van der Waals surface area contributed by atoms with Crippen molar-refractivity contribution in [3.63, 3.8) is 0 Å². The van der Waals surface area contributed by atoms with Crippen molar-refractivity contribution in [3.05, 3.63) is 94.8 Å². The molecule has 3 nitrogen and oxygen atoms in total. The van der Waals surface area contributed by atoms with Gasteiger partial charge in [0.1, 0.15) is 5.82 Å². The molecule has 0 aliphatic heterocycles. The molecule has 0 fully saturated rings. The van der Waals surface area contributed by atoms with Gasteiger partial charge >= 0.3 is 0 Å². The van der Waals surface area contributed by atoms with Crippen molar-refractivity contribution >= 4 is 34.1 Å². The number of benzene rings is 3. The fraction of sp³-hybridized carbons (Fsp3) is 0.0435. The van der Waals surface area contributed by atoms with E-state index in [1.165, 1.54) is 18.2 Å². The van der Waals surface area contributed by atoms with Crippen LogP contribution < -0.4 is 5.32 Å². The van der Waals surface area contributed by atoms with E-state index in [1.807, 2.05) is 55.5 Å². The normalized spacial score (nSPS) is 10.8. The number of rotatable bonds is 3. The van der Waals surface area contributed by atoms with E-state index < -0.39 is 11.7 Å². The molecule has 1 heterocycles. The lowest BCUT2D eigenvalue weighted by Crippen LogP contribution is -2.14. The van der Waals surface area contributed by atoms with Gasteiger partial charge in [0, 0.05) is 16.0 Å². The third kappa shape index (κ3) is 3.59. The minimum atomic E-state index is -0.585. The molecular weight excluding hydrogens is 375 g/mol. The monoisotopic (exact) mass is 390 g/mol. The van der Waals surface area contributed by atoms with Crippen LogP contribution >= 0.6 is 11.6 Å². The summed E-state index contributed by atoms with van der Waals surface area (Å²) in [6, 6.07) is 21.2. The van der Waals surface area contributed by atoms with Crippen molar-refractivity contribution in [2.45, 2.75) is 6.92 Å². The average Bonchev–Trinajstić information content (AvgIpc) is 2.69. The molecular formula is C23H16ClFN2O. The molecule has 3 aromatic carbocycles. The van der Waals surface area contributed by atoms with Gasteiger partial charge in [-0.2, -0.15) is 0 Å². The molecule has 4 rings (SSSR count). The highest BCUT2D eigenvalue weighted by Crippen LogP contribution is 2.27. The Morgan fingerprint density at radius 1 is 1.00 bits per heavy atom. The number of hydrogen-bond acceptors (Lipinski definition) is 2. The number of aromatic nitrogens is 1. The van der Waals surface area contributed by atoms with Crippen LogP contribution in [0.15, 0.2) is 72.8 Å². The minimum absolute atomic E-state index is 0.0763. The summed E-state index contributed by atoms with van der Waals surface area (Å²) in [5, 5.41) is 3.61. The zero-order valence-electron chi connectivity index (χ0n) is 15.0. The Morgan fingerprint density at radius 2 is 1.82 bits per heavy atom. The number of nitrogens with one attached hydrogen (secondary N) is 1. The highest BCUT2D eigenvalue weighted by molar-refractivity contribution is 6.30. The van der Waals surface area contributed by atoms with Gasteiger partial charge in [-0.25, -0.2) is 9.37 Å². The van der Waals surface area contributed by atoms with Crippen LogP contribution in [0, 0.1) is 12.7 Å². The zero-order chi connectivity index (χ0) is 19.7. The topological polar surface area (TPSA) is 42.0 Å². The Bertz CT molecular complexity index is 1210. The van der Waals surface area contributed by atoms with Gasteiger partial charge in [-0.05, 0) is 43.3 Å². The minimum Gasteiger partial charge on any atom is -0.319 e. The zero-order valence-corrected chi connectivity index (χ0v) is 15.8. The summed E-state index contributed by atoms with van der Waals surface area (Å²) in [7, 11) is 0. The second-order valence-corrected chi connectivity index (χ2v) is 6.96. The number of fused-ring (bicyclic) bond motifs is 1. The molecule has 4 aromatic rings. The van der Waals surface area contributed by atoms with Gasteiger partial charge in [0.05, 0.1) is 22.5 Å². The van der Waals surface area contributed by atoms with E-state index in [2.05, 4.69) is 5.32 Å². The summed E-state index contributed by atoms with van der Waals surface area (Å²) in [5.74, 6) is -0.994. The van der Waals surface area contributed by atoms with Gasteiger partial charge in [0.15, 0.2) is 0 Å². The number of nitrogens with zero attached hydrogens (tertiary/aromatic N) is 1. The second kappa shape index (κ2) is 7.41. The van der Waals surface area contributed by atoms with Crippen LogP contribution in [0.1, 0.15) is 15.9 Å². The Labute approximate surface area is 166 Å². The highest BCUT2D eigenvalue weighted by Gasteiger charge is 2.16. The number of hydrogen-bond donors (Lipinski definition) is 1. The molecule has 0 saturated heterocycles. The van der Waals surface area contributed by atoms with Crippen LogP contribution in [0.3, 0.4) is 0 Å². The number of anilines is 1. The molecule has 0 atom stereocenters. The largest absolute Gasteiger partial charge is 0.319 e. The van der Waals surface area contributed by atoms with Gasteiger partial charge in [0.2, 0.25) is 0 Å². The van der Waals surface area contributed by atoms with Gasteiger partial charge in [-0.15, -0.1) is 0 Å². The van der Waals surface area contributed by atoms with E-state index in [0.717, 1.165) is 11.1 Å². The molecule has 138 valence electrons. The summed E-state index contributed by atoms with van der Waals surface area (Å²) in [4.78, 5) is 17.7.